The lowest BCUT2D eigenvalue weighted by Crippen LogP contribution is -2.27. The molecule has 0 atom stereocenters. The van der Waals surface area contributed by atoms with Gasteiger partial charge in [0, 0.05) is 11.9 Å². The van der Waals surface area contributed by atoms with Crippen LogP contribution in [0.3, 0.4) is 0 Å². The second-order valence-electron chi connectivity index (χ2n) is 4.62. The lowest BCUT2D eigenvalue weighted by atomic mass is 10.2. The Morgan fingerprint density at radius 1 is 1.47 bits per heavy atom. The first-order valence-electron chi connectivity index (χ1n) is 5.00. The molecule has 0 amide bonds. The quantitative estimate of drug-likeness (QED) is 0.700. The van der Waals surface area contributed by atoms with Gasteiger partial charge in [-0.2, -0.15) is 0 Å². The average Bonchev–Trinajstić information content (AvgIpc) is 2.32. The molecule has 1 rings (SSSR count). The average molecular weight is 210 g/mol. The van der Waals surface area contributed by atoms with Crippen LogP contribution in [0, 0.1) is 13.8 Å². The molecule has 0 saturated heterocycles. The molecule has 1 aromatic rings. The molecule has 0 bridgehead atoms. The highest BCUT2D eigenvalue weighted by molar-refractivity contribution is 5.69. The van der Waals surface area contributed by atoms with Gasteiger partial charge in [0.15, 0.2) is 0 Å². The zero-order valence-electron chi connectivity index (χ0n) is 10.00. The summed E-state index contributed by atoms with van der Waals surface area (Å²) in [5, 5.41) is 0. The topological polar surface area (TPSA) is 44.1 Å². The summed E-state index contributed by atoms with van der Waals surface area (Å²) in [4.78, 5) is 15.7. The molecule has 15 heavy (non-hydrogen) atoms. The molecule has 0 N–H and O–H groups in total. The minimum atomic E-state index is -0.431. The molecule has 0 aliphatic carbocycles. The van der Waals surface area contributed by atoms with E-state index in [4.69, 9.17) is 4.74 Å². The third kappa shape index (κ3) is 3.38. The highest BCUT2D eigenvalue weighted by Gasteiger charge is 2.17. The Morgan fingerprint density at radius 3 is 2.47 bits per heavy atom. The van der Waals surface area contributed by atoms with Gasteiger partial charge in [-0.1, -0.05) is 0 Å². The van der Waals surface area contributed by atoms with E-state index in [0.717, 1.165) is 11.5 Å². The number of imidazole rings is 1. The number of esters is 1. The first kappa shape index (κ1) is 11.8. The second-order valence-corrected chi connectivity index (χ2v) is 4.62. The first-order valence-corrected chi connectivity index (χ1v) is 5.00. The van der Waals surface area contributed by atoms with E-state index in [9.17, 15) is 4.79 Å². The van der Waals surface area contributed by atoms with Crippen LogP contribution in [0.25, 0.3) is 0 Å². The Morgan fingerprint density at radius 2 is 2.07 bits per heavy atom. The fraction of sp³-hybridized carbons (Fsp3) is 0.636. The SMILES string of the molecule is Cc1cnc(C)n1CC(=O)OC(C)(C)C. The van der Waals surface area contributed by atoms with E-state index in [1.807, 2.05) is 39.2 Å². The first-order chi connectivity index (χ1) is 6.79. The molecular formula is C11H18N2O2. The molecule has 1 aromatic heterocycles. The Balaban J connectivity index is 2.67. The van der Waals surface area contributed by atoms with Crippen molar-refractivity contribution in [2.45, 2.75) is 46.8 Å². The number of ether oxygens (including phenoxy) is 1. The normalized spacial score (nSPS) is 11.5. The fourth-order valence-corrected chi connectivity index (χ4v) is 1.32. The Labute approximate surface area is 90.3 Å². The van der Waals surface area contributed by atoms with Gasteiger partial charge in [-0.15, -0.1) is 0 Å². The summed E-state index contributed by atoms with van der Waals surface area (Å²) >= 11 is 0. The summed E-state index contributed by atoms with van der Waals surface area (Å²) in [6.45, 7) is 9.60. The summed E-state index contributed by atoms with van der Waals surface area (Å²) in [5.74, 6) is 0.602. The van der Waals surface area contributed by atoms with E-state index in [2.05, 4.69) is 4.98 Å². The van der Waals surface area contributed by atoms with E-state index in [1.165, 1.54) is 0 Å². The zero-order chi connectivity index (χ0) is 11.6. The Hall–Kier alpha value is -1.32. The summed E-state index contributed by atoms with van der Waals surface area (Å²) in [5.41, 5.74) is 0.540. The van der Waals surface area contributed by atoms with Gasteiger partial charge < -0.3 is 9.30 Å². The van der Waals surface area contributed by atoms with Gasteiger partial charge in [-0.05, 0) is 34.6 Å². The van der Waals surface area contributed by atoms with Crippen molar-refractivity contribution in [3.8, 4) is 0 Å². The summed E-state index contributed by atoms with van der Waals surface area (Å²) < 4.78 is 7.07. The third-order valence-electron chi connectivity index (χ3n) is 1.96. The van der Waals surface area contributed by atoms with Gasteiger partial charge in [-0.3, -0.25) is 4.79 Å². The van der Waals surface area contributed by atoms with E-state index in [1.54, 1.807) is 6.20 Å². The van der Waals surface area contributed by atoms with Gasteiger partial charge >= 0.3 is 5.97 Å². The number of carbonyl (C=O) groups excluding carboxylic acids is 1. The van der Waals surface area contributed by atoms with Gasteiger partial charge in [0.25, 0.3) is 0 Å². The lowest BCUT2D eigenvalue weighted by Gasteiger charge is -2.20. The summed E-state index contributed by atoms with van der Waals surface area (Å²) in [6, 6.07) is 0. The molecule has 0 fully saturated rings. The molecule has 4 nitrogen and oxygen atoms in total. The highest BCUT2D eigenvalue weighted by Crippen LogP contribution is 2.09. The Bertz CT molecular complexity index is 342. The molecule has 0 aliphatic rings. The van der Waals surface area contributed by atoms with Gasteiger partial charge in [0.05, 0.1) is 0 Å². The van der Waals surface area contributed by atoms with Crippen molar-refractivity contribution < 1.29 is 9.53 Å². The van der Waals surface area contributed by atoms with Gasteiger partial charge in [-0.25, -0.2) is 4.98 Å². The third-order valence-corrected chi connectivity index (χ3v) is 1.96. The van der Waals surface area contributed by atoms with Crippen LogP contribution < -0.4 is 0 Å². The van der Waals surface area contributed by atoms with Crippen LogP contribution in [0.2, 0.25) is 0 Å². The largest absolute Gasteiger partial charge is 0.459 e. The van der Waals surface area contributed by atoms with Crippen molar-refractivity contribution in [3.63, 3.8) is 0 Å². The standard InChI is InChI=1S/C11H18N2O2/c1-8-6-12-9(2)13(8)7-10(14)15-11(3,4)5/h6H,7H2,1-5H3. The van der Waals surface area contributed by atoms with Crippen LogP contribution in [0.15, 0.2) is 6.20 Å². The predicted molar refractivity (Wildman–Crippen MR) is 57.5 cm³/mol. The number of aryl methyl sites for hydroxylation is 2. The number of hydrogen-bond donors (Lipinski definition) is 0. The summed E-state index contributed by atoms with van der Waals surface area (Å²) in [6.07, 6.45) is 1.75. The van der Waals surface area contributed by atoms with Crippen molar-refractivity contribution in [1.82, 2.24) is 9.55 Å². The zero-order valence-corrected chi connectivity index (χ0v) is 10.00. The minimum absolute atomic E-state index is 0.230. The van der Waals surface area contributed by atoms with Crippen molar-refractivity contribution in [1.29, 1.82) is 0 Å². The minimum Gasteiger partial charge on any atom is -0.459 e. The number of nitrogens with zero attached hydrogens (tertiary/aromatic N) is 2. The molecule has 0 aromatic carbocycles. The highest BCUT2D eigenvalue weighted by atomic mass is 16.6. The number of hydrogen-bond acceptors (Lipinski definition) is 3. The number of rotatable bonds is 2. The van der Waals surface area contributed by atoms with Crippen molar-refractivity contribution >= 4 is 5.97 Å². The van der Waals surface area contributed by atoms with Crippen LogP contribution in [0.5, 0.6) is 0 Å². The van der Waals surface area contributed by atoms with E-state index in [0.29, 0.717) is 0 Å². The van der Waals surface area contributed by atoms with Crippen LogP contribution in [0.1, 0.15) is 32.3 Å². The molecule has 4 heteroatoms. The maximum absolute atomic E-state index is 11.6. The predicted octanol–water partition coefficient (Wildman–Crippen LogP) is 1.84. The monoisotopic (exact) mass is 210 g/mol. The van der Waals surface area contributed by atoms with Crippen molar-refractivity contribution in [2.75, 3.05) is 0 Å². The number of carbonyl (C=O) groups is 1. The van der Waals surface area contributed by atoms with E-state index < -0.39 is 5.60 Å². The van der Waals surface area contributed by atoms with E-state index >= 15 is 0 Å². The van der Waals surface area contributed by atoms with Crippen molar-refractivity contribution in [3.05, 3.63) is 17.7 Å². The maximum atomic E-state index is 11.6. The molecule has 1 heterocycles. The molecular weight excluding hydrogens is 192 g/mol. The van der Waals surface area contributed by atoms with Crippen LogP contribution in [-0.4, -0.2) is 21.1 Å². The van der Waals surface area contributed by atoms with E-state index in [-0.39, 0.29) is 12.5 Å². The molecule has 84 valence electrons. The fourth-order valence-electron chi connectivity index (χ4n) is 1.32. The molecule has 0 aliphatic heterocycles. The number of aromatic nitrogens is 2. The van der Waals surface area contributed by atoms with Gasteiger partial charge in [0.2, 0.25) is 0 Å². The second kappa shape index (κ2) is 4.04. The maximum Gasteiger partial charge on any atom is 0.326 e. The van der Waals surface area contributed by atoms with Crippen molar-refractivity contribution in [2.24, 2.45) is 0 Å². The molecule has 0 unspecified atom stereocenters. The van der Waals surface area contributed by atoms with Gasteiger partial charge in [0.1, 0.15) is 18.0 Å². The van der Waals surface area contributed by atoms with Crippen LogP contribution in [-0.2, 0) is 16.1 Å². The Kier molecular flexibility index (Phi) is 3.17. The summed E-state index contributed by atoms with van der Waals surface area (Å²) in [7, 11) is 0. The van der Waals surface area contributed by atoms with Crippen LogP contribution in [0.4, 0.5) is 0 Å². The van der Waals surface area contributed by atoms with Crippen LogP contribution >= 0.6 is 0 Å². The molecule has 0 saturated carbocycles. The lowest BCUT2D eigenvalue weighted by molar-refractivity contribution is -0.155. The smallest absolute Gasteiger partial charge is 0.326 e. The molecule has 0 radical (unpaired) electrons. The molecule has 0 spiro atoms.